The molecule has 4 rings (SSSR count). The molecule has 1 unspecified atom stereocenters. The van der Waals surface area contributed by atoms with Crippen LogP contribution < -0.4 is 5.32 Å². The number of rotatable bonds is 4. The molecule has 1 aromatic carbocycles. The van der Waals surface area contributed by atoms with Crippen molar-refractivity contribution in [1.29, 1.82) is 0 Å². The fraction of sp³-hybridized carbons (Fsp3) is 0.524. The van der Waals surface area contributed by atoms with E-state index in [4.69, 9.17) is 4.74 Å². The molecule has 1 atom stereocenters. The molecule has 2 aliphatic heterocycles. The highest BCUT2D eigenvalue weighted by atomic mass is 16.5. The molecule has 1 fully saturated rings. The highest BCUT2D eigenvalue weighted by Gasteiger charge is 2.25. The van der Waals surface area contributed by atoms with Gasteiger partial charge in [0.1, 0.15) is 6.10 Å². The lowest BCUT2D eigenvalue weighted by Crippen LogP contribution is -2.49. The topological polar surface area (TPSA) is 57.9 Å². The van der Waals surface area contributed by atoms with Crippen molar-refractivity contribution < 1.29 is 4.74 Å². The molecule has 150 valence electrons. The average Bonchev–Trinajstić information content (AvgIpc) is 3.17. The SMILES string of the molecule is CN=C(NCCN1CCc2ccccc2C1)N1CCOC(c2cnn(C)c2)C1. The monoisotopic (exact) mass is 382 g/mol. The highest BCUT2D eigenvalue weighted by Crippen LogP contribution is 2.21. The molecule has 7 heteroatoms. The Kier molecular flexibility index (Phi) is 5.92. The molecule has 0 radical (unpaired) electrons. The van der Waals surface area contributed by atoms with Crippen LogP contribution in [0.5, 0.6) is 0 Å². The van der Waals surface area contributed by atoms with Gasteiger partial charge in [-0.25, -0.2) is 0 Å². The van der Waals surface area contributed by atoms with Gasteiger partial charge in [0.05, 0.1) is 19.3 Å². The average molecular weight is 383 g/mol. The van der Waals surface area contributed by atoms with Crippen LogP contribution in [0.2, 0.25) is 0 Å². The molecule has 2 aliphatic rings. The van der Waals surface area contributed by atoms with E-state index in [1.54, 1.807) is 0 Å². The van der Waals surface area contributed by atoms with Crippen LogP contribution in [-0.4, -0.2) is 71.9 Å². The minimum Gasteiger partial charge on any atom is -0.370 e. The predicted molar refractivity (Wildman–Crippen MR) is 110 cm³/mol. The number of aliphatic imine (C=N–C) groups is 1. The molecular formula is C21H30N6O. The summed E-state index contributed by atoms with van der Waals surface area (Å²) < 4.78 is 7.77. The molecule has 3 heterocycles. The minimum absolute atomic E-state index is 0.0413. The zero-order chi connectivity index (χ0) is 19.3. The van der Waals surface area contributed by atoms with E-state index >= 15 is 0 Å². The molecule has 0 saturated carbocycles. The van der Waals surface area contributed by atoms with Gasteiger partial charge in [0.2, 0.25) is 0 Å². The van der Waals surface area contributed by atoms with Gasteiger partial charge < -0.3 is 15.0 Å². The first-order valence-corrected chi connectivity index (χ1v) is 10.1. The maximum absolute atomic E-state index is 5.95. The number of nitrogens with one attached hydrogen (secondary N) is 1. The van der Waals surface area contributed by atoms with Crippen LogP contribution in [0.3, 0.4) is 0 Å². The van der Waals surface area contributed by atoms with E-state index in [0.29, 0.717) is 6.61 Å². The third-order valence-electron chi connectivity index (χ3n) is 5.60. The highest BCUT2D eigenvalue weighted by molar-refractivity contribution is 5.80. The van der Waals surface area contributed by atoms with Crippen molar-refractivity contribution in [1.82, 2.24) is 24.9 Å². The normalized spacial score (nSPS) is 20.9. The van der Waals surface area contributed by atoms with Crippen molar-refractivity contribution in [3.8, 4) is 0 Å². The fourth-order valence-electron chi connectivity index (χ4n) is 4.05. The molecule has 0 amide bonds. The maximum Gasteiger partial charge on any atom is 0.193 e. The van der Waals surface area contributed by atoms with E-state index in [-0.39, 0.29) is 6.10 Å². The number of hydrogen-bond donors (Lipinski definition) is 1. The summed E-state index contributed by atoms with van der Waals surface area (Å²) in [5.41, 5.74) is 4.08. The van der Waals surface area contributed by atoms with Crippen molar-refractivity contribution in [3.05, 3.63) is 53.3 Å². The van der Waals surface area contributed by atoms with Gasteiger partial charge in [-0.15, -0.1) is 0 Å². The Hall–Kier alpha value is -2.38. The van der Waals surface area contributed by atoms with Crippen molar-refractivity contribution in [2.45, 2.75) is 19.1 Å². The summed E-state index contributed by atoms with van der Waals surface area (Å²) in [7, 11) is 3.79. The van der Waals surface area contributed by atoms with E-state index in [2.05, 4.69) is 49.5 Å². The van der Waals surface area contributed by atoms with Gasteiger partial charge in [-0.3, -0.25) is 14.6 Å². The number of morpholine rings is 1. The van der Waals surface area contributed by atoms with Gasteiger partial charge in [0, 0.05) is 58.6 Å². The molecule has 0 bridgehead atoms. The lowest BCUT2D eigenvalue weighted by atomic mass is 10.00. The summed E-state index contributed by atoms with van der Waals surface area (Å²) in [6.07, 6.45) is 5.10. The Morgan fingerprint density at radius 3 is 2.93 bits per heavy atom. The number of hydrogen-bond acceptors (Lipinski definition) is 4. The van der Waals surface area contributed by atoms with Crippen LogP contribution in [0.15, 0.2) is 41.7 Å². The second-order valence-electron chi connectivity index (χ2n) is 7.52. The van der Waals surface area contributed by atoms with Crippen LogP contribution in [0.4, 0.5) is 0 Å². The number of benzene rings is 1. The Morgan fingerprint density at radius 1 is 1.29 bits per heavy atom. The van der Waals surface area contributed by atoms with Crippen molar-refractivity contribution in [3.63, 3.8) is 0 Å². The van der Waals surface area contributed by atoms with Crippen LogP contribution >= 0.6 is 0 Å². The Bertz CT molecular complexity index is 817. The zero-order valence-corrected chi connectivity index (χ0v) is 16.8. The standard InChI is InChI=1S/C21H30N6O/c1-22-21(27-11-12-28-20(16-27)19-13-24-25(2)14-19)23-8-10-26-9-7-17-5-3-4-6-18(17)15-26/h3-6,13-14,20H,7-12,15-16H2,1-2H3,(H,22,23). The van der Waals surface area contributed by atoms with E-state index in [1.807, 2.05) is 31.2 Å². The van der Waals surface area contributed by atoms with Crippen molar-refractivity contribution >= 4 is 5.96 Å². The summed E-state index contributed by atoms with van der Waals surface area (Å²) >= 11 is 0. The lowest BCUT2D eigenvalue weighted by Gasteiger charge is -2.35. The van der Waals surface area contributed by atoms with Gasteiger partial charge in [-0.05, 0) is 17.5 Å². The Balaban J connectivity index is 1.28. The predicted octanol–water partition coefficient (Wildman–Crippen LogP) is 1.43. The largest absolute Gasteiger partial charge is 0.370 e. The first-order chi connectivity index (χ1) is 13.7. The quantitative estimate of drug-likeness (QED) is 0.640. The molecule has 1 N–H and O–H groups in total. The molecule has 0 spiro atoms. The zero-order valence-electron chi connectivity index (χ0n) is 16.8. The Morgan fingerprint density at radius 2 is 2.14 bits per heavy atom. The van der Waals surface area contributed by atoms with E-state index in [9.17, 15) is 0 Å². The summed E-state index contributed by atoms with van der Waals surface area (Å²) in [4.78, 5) is 9.30. The minimum atomic E-state index is 0.0413. The number of ether oxygens (including phenoxy) is 1. The second-order valence-corrected chi connectivity index (χ2v) is 7.52. The van der Waals surface area contributed by atoms with E-state index in [0.717, 1.165) is 57.2 Å². The molecule has 1 saturated heterocycles. The van der Waals surface area contributed by atoms with Gasteiger partial charge in [-0.1, -0.05) is 24.3 Å². The van der Waals surface area contributed by atoms with E-state index < -0.39 is 0 Å². The molecule has 7 nitrogen and oxygen atoms in total. The summed E-state index contributed by atoms with van der Waals surface area (Å²) in [6, 6.07) is 8.78. The number of fused-ring (bicyclic) bond motifs is 1. The molecular weight excluding hydrogens is 352 g/mol. The smallest absolute Gasteiger partial charge is 0.193 e. The van der Waals surface area contributed by atoms with Crippen molar-refractivity contribution in [2.24, 2.45) is 12.0 Å². The Labute approximate surface area is 167 Å². The number of aromatic nitrogens is 2. The summed E-state index contributed by atoms with van der Waals surface area (Å²) in [5, 5.41) is 7.81. The van der Waals surface area contributed by atoms with Crippen LogP contribution in [0.1, 0.15) is 22.8 Å². The first kappa shape index (κ1) is 19.0. The first-order valence-electron chi connectivity index (χ1n) is 10.1. The third-order valence-corrected chi connectivity index (χ3v) is 5.60. The van der Waals surface area contributed by atoms with Crippen LogP contribution in [0, 0.1) is 0 Å². The second kappa shape index (κ2) is 8.75. The molecule has 0 aliphatic carbocycles. The summed E-state index contributed by atoms with van der Waals surface area (Å²) in [5.74, 6) is 0.953. The van der Waals surface area contributed by atoms with Crippen LogP contribution in [0.25, 0.3) is 0 Å². The van der Waals surface area contributed by atoms with Gasteiger partial charge in [0.15, 0.2) is 5.96 Å². The van der Waals surface area contributed by atoms with Gasteiger partial charge in [0.25, 0.3) is 0 Å². The van der Waals surface area contributed by atoms with Crippen molar-refractivity contribution in [2.75, 3.05) is 46.4 Å². The number of guanidine groups is 1. The maximum atomic E-state index is 5.95. The van der Waals surface area contributed by atoms with E-state index in [1.165, 1.54) is 11.1 Å². The molecule has 1 aromatic heterocycles. The third kappa shape index (κ3) is 4.36. The number of aryl methyl sites for hydroxylation is 1. The summed E-state index contributed by atoms with van der Waals surface area (Å²) in [6.45, 7) is 6.42. The number of nitrogens with zero attached hydrogens (tertiary/aromatic N) is 5. The molecule has 2 aromatic rings. The lowest BCUT2D eigenvalue weighted by molar-refractivity contribution is -0.00805. The van der Waals surface area contributed by atoms with Gasteiger partial charge in [-0.2, -0.15) is 5.10 Å². The molecule has 28 heavy (non-hydrogen) atoms. The van der Waals surface area contributed by atoms with Gasteiger partial charge >= 0.3 is 0 Å². The van der Waals surface area contributed by atoms with Crippen LogP contribution in [-0.2, 0) is 24.8 Å². The fourth-order valence-corrected chi connectivity index (χ4v) is 4.05.